The quantitative estimate of drug-likeness (QED) is 0.651. The first-order valence-electron chi connectivity index (χ1n) is 6.37. The van der Waals surface area contributed by atoms with Crippen molar-refractivity contribution in [3.05, 3.63) is 0 Å². The Hall–Kier alpha value is -0.0400. The fraction of sp³-hybridized carbons (Fsp3) is 1.00. The first-order valence-corrected chi connectivity index (χ1v) is 6.37. The maximum absolute atomic E-state index is 2.41. The first-order chi connectivity index (χ1) is 6.72. The minimum absolute atomic E-state index is 1.05. The minimum atomic E-state index is 1.05. The molecule has 1 heteroatoms. The Morgan fingerprint density at radius 3 is 1.79 bits per heavy atom. The molecule has 4 saturated carbocycles. The van der Waals surface area contributed by atoms with Gasteiger partial charge in [-0.25, -0.2) is 0 Å². The lowest BCUT2D eigenvalue weighted by molar-refractivity contribution is -0.0445. The van der Waals surface area contributed by atoms with Crippen molar-refractivity contribution in [2.24, 2.45) is 29.6 Å². The summed E-state index contributed by atoms with van der Waals surface area (Å²) < 4.78 is 0. The van der Waals surface area contributed by atoms with Gasteiger partial charge in [-0.2, -0.15) is 0 Å². The van der Waals surface area contributed by atoms with E-state index in [0.717, 1.165) is 29.6 Å². The van der Waals surface area contributed by atoms with Crippen molar-refractivity contribution in [2.45, 2.75) is 32.1 Å². The van der Waals surface area contributed by atoms with Crippen LogP contribution in [0.4, 0.5) is 0 Å². The van der Waals surface area contributed by atoms with Gasteiger partial charge in [-0.15, -0.1) is 0 Å². The number of nitrogens with zero attached hydrogens (tertiary/aromatic N) is 1. The molecule has 0 saturated heterocycles. The third-order valence-corrected chi connectivity index (χ3v) is 5.00. The van der Waals surface area contributed by atoms with E-state index in [1.165, 1.54) is 6.54 Å². The molecule has 0 aromatic rings. The summed E-state index contributed by atoms with van der Waals surface area (Å²) in [7, 11) is 4.48. The Kier molecular flexibility index (Phi) is 2.12. The van der Waals surface area contributed by atoms with Crippen LogP contribution >= 0.6 is 0 Å². The van der Waals surface area contributed by atoms with Gasteiger partial charge >= 0.3 is 0 Å². The highest BCUT2D eigenvalue weighted by Crippen LogP contribution is 2.56. The van der Waals surface area contributed by atoms with Crippen LogP contribution in [-0.2, 0) is 0 Å². The Bertz CT molecular complexity index is 193. The molecule has 4 rings (SSSR count). The Morgan fingerprint density at radius 1 is 0.857 bits per heavy atom. The molecule has 0 atom stereocenters. The molecule has 80 valence electrons. The van der Waals surface area contributed by atoms with Crippen LogP contribution in [0.5, 0.6) is 0 Å². The monoisotopic (exact) mass is 193 g/mol. The van der Waals surface area contributed by atoms with Crippen molar-refractivity contribution >= 4 is 0 Å². The van der Waals surface area contributed by atoms with E-state index in [0.29, 0.717) is 0 Å². The van der Waals surface area contributed by atoms with Crippen LogP contribution in [-0.4, -0.2) is 25.5 Å². The van der Waals surface area contributed by atoms with E-state index >= 15 is 0 Å². The van der Waals surface area contributed by atoms with Gasteiger partial charge in [-0.3, -0.25) is 0 Å². The molecule has 0 heterocycles. The molecule has 0 spiro atoms. The zero-order valence-electron chi connectivity index (χ0n) is 9.58. The van der Waals surface area contributed by atoms with E-state index < -0.39 is 0 Å². The van der Waals surface area contributed by atoms with Crippen LogP contribution in [0.15, 0.2) is 0 Å². The molecule has 0 N–H and O–H groups in total. The minimum Gasteiger partial charge on any atom is -0.309 e. The molecule has 0 radical (unpaired) electrons. The highest BCUT2D eigenvalue weighted by Gasteiger charge is 2.47. The second-order valence-electron chi connectivity index (χ2n) is 6.36. The number of hydrogen-bond acceptors (Lipinski definition) is 1. The predicted molar refractivity (Wildman–Crippen MR) is 59.1 cm³/mol. The summed E-state index contributed by atoms with van der Waals surface area (Å²) in [6.45, 7) is 1.36. The van der Waals surface area contributed by atoms with Gasteiger partial charge in [0.05, 0.1) is 0 Å². The van der Waals surface area contributed by atoms with E-state index in [-0.39, 0.29) is 0 Å². The third kappa shape index (κ3) is 1.41. The van der Waals surface area contributed by atoms with Crippen LogP contribution in [0.2, 0.25) is 0 Å². The lowest BCUT2D eigenvalue weighted by Gasteiger charge is -2.55. The van der Waals surface area contributed by atoms with E-state index in [1.807, 2.05) is 0 Å². The fourth-order valence-corrected chi connectivity index (χ4v) is 4.76. The van der Waals surface area contributed by atoms with Crippen molar-refractivity contribution in [1.82, 2.24) is 4.90 Å². The first kappa shape index (κ1) is 9.21. The van der Waals surface area contributed by atoms with Crippen molar-refractivity contribution < 1.29 is 0 Å². The molecule has 0 aliphatic heterocycles. The molecule has 0 aromatic carbocycles. The molecular formula is C13H23N. The average Bonchev–Trinajstić information content (AvgIpc) is 2.09. The van der Waals surface area contributed by atoms with Crippen molar-refractivity contribution in [3.63, 3.8) is 0 Å². The number of rotatable bonds is 2. The third-order valence-electron chi connectivity index (χ3n) is 5.00. The average molecular weight is 193 g/mol. The van der Waals surface area contributed by atoms with Crippen LogP contribution in [0, 0.1) is 29.6 Å². The van der Waals surface area contributed by atoms with Gasteiger partial charge < -0.3 is 4.90 Å². The molecule has 0 unspecified atom stereocenters. The molecule has 4 bridgehead atoms. The molecule has 0 aromatic heterocycles. The lowest BCUT2D eigenvalue weighted by atomic mass is 9.52. The molecule has 4 fully saturated rings. The molecule has 0 amide bonds. The summed E-state index contributed by atoms with van der Waals surface area (Å²) >= 11 is 0. The largest absolute Gasteiger partial charge is 0.309 e. The van der Waals surface area contributed by atoms with Gasteiger partial charge in [0, 0.05) is 6.54 Å². The summed E-state index contributed by atoms with van der Waals surface area (Å²) in [5.74, 6) is 5.53. The second kappa shape index (κ2) is 3.23. The second-order valence-corrected chi connectivity index (χ2v) is 6.36. The fourth-order valence-electron chi connectivity index (χ4n) is 4.76. The topological polar surface area (TPSA) is 3.24 Å². The van der Waals surface area contributed by atoms with Crippen LogP contribution in [0.3, 0.4) is 0 Å². The summed E-state index contributed by atoms with van der Waals surface area (Å²) in [5.41, 5.74) is 0. The Morgan fingerprint density at radius 2 is 1.36 bits per heavy atom. The standard InChI is InChI=1S/C13H23N/c1-14(2)8-13-11-4-9-3-10(6-11)7-12(13)5-9/h9-13H,3-8H2,1-2H3. The smallest absolute Gasteiger partial charge is 0.000886 e. The molecule has 4 aliphatic carbocycles. The Balaban J connectivity index is 1.74. The van der Waals surface area contributed by atoms with Crippen molar-refractivity contribution in [1.29, 1.82) is 0 Å². The maximum Gasteiger partial charge on any atom is 0.000886 e. The van der Waals surface area contributed by atoms with Crippen LogP contribution < -0.4 is 0 Å². The summed E-state index contributed by atoms with van der Waals surface area (Å²) in [6.07, 6.45) is 7.88. The van der Waals surface area contributed by atoms with E-state index in [2.05, 4.69) is 19.0 Å². The number of hydrogen-bond donors (Lipinski definition) is 0. The SMILES string of the molecule is CN(C)CC1C2CC3CC(C2)CC1C3. The van der Waals surface area contributed by atoms with E-state index in [4.69, 9.17) is 0 Å². The normalized spacial score (nSPS) is 50.4. The van der Waals surface area contributed by atoms with Crippen LogP contribution in [0.25, 0.3) is 0 Å². The molecular weight excluding hydrogens is 170 g/mol. The molecule has 1 nitrogen and oxygen atoms in total. The predicted octanol–water partition coefficient (Wildman–Crippen LogP) is 2.62. The highest BCUT2D eigenvalue weighted by atomic mass is 15.1. The molecule has 4 aliphatic rings. The summed E-state index contributed by atoms with van der Waals surface area (Å²) in [4.78, 5) is 2.41. The van der Waals surface area contributed by atoms with Gasteiger partial charge in [0.2, 0.25) is 0 Å². The van der Waals surface area contributed by atoms with Gasteiger partial charge in [0.25, 0.3) is 0 Å². The maximum atomic E-state index is 2.41. The van der Waals surface area contributed by atoms with E-state index in [1.54, 1.807) is 32.1 Å². The van der Waals surface area contributed by atoms with Crippen molar-refractivity contribution in [3.8, 4) is 0 Å². The zero-order chi connectivity index (χ0) is 9.71. The highest BCUT2D eigenvalue weighted by molar-refractivity contribution is 4.98. The summed E-state index contributed by atoms with van der Waals surface area (Å²) in [5, 5.41) is 0. The van der Waals surface area contributed by atoms with Crippen molar-refractivity contribution in [2.75, 3.05) is 20.6 Å². The van der Waals surface area contributed by atoms with Gasteiger partial charge in [0.15, 0.2) is 0 Å². The van der Waals surface area contributed by atoms with Crippen LogP contribution in [0.1, 0.15) is 32.1 Å². The van der Waals surface area contributed by atoms with Gasteiger partial charge in [-0.05, 0) is 75.8 Å². The molecule has 14 heavy (non-hydrogen) atoms. The zero-order valence-corrected chi connectivity index (χ0v) is 9.58. The van der Waals surface area contributed by atoms with E-state index in [9.17, 15) is 0 Å². The Labute approximate surface area is 87.9 Å². The van der Waals surface area contributed by atoms with Gasteiger partial charge in [-0.1, -0.05) is 0 Å². The van der Waals surface area contributed by atoms with Gasteiger partial charge in [0.1, 0.15) is 0 Å². The summed E-state index contributed by atoms with van der Waals surface area (Å²) in [6, 6.07) is 0. The lowest BCUT2D eigenvalue weighted by Crippen LogP contribution is -2.48.